The van der Waals surface area contributed by atoms with E-state index < -0.39 is 6.10 Å². The minimum Gasteiger partial charge on any atom is -0.493 e. The van der Waals surface area contributed by atoms with Crippen molar-refractivity contribution in [2.75, 3.05) is 20.8 Å². The number of ether oxygens (including phenoxy) is 2. The van der Waals surface area contributed by atoms with E-state index in [0.717, 1.165) is 37.8 Å². The van der Waals surface area contributed by atoms with Gasteiger partial charge in [-0.3, -0.25) is 0 Å². The van der Waals surface area contributed by atoms with Crippen LogP contribution in [0, 0.1) is 5.92 Å². The molecular formula is C22H29NO3. The molecule has 1 heterocycles. The van der Waals surface area contributed by atoms with Crippen molar-refractivity contribution in [1.82, 2.24) is 5.32 Å². The molecule has 3 unspecified atom stereocenters. The van der Waals surface area contributed by atoms with Crippen LogP contribution < -0.4 is 14.8 Å². The minimum atomic E-state index is -0.540. The van der Waals surface area contributed by atoms with Gasteiger partial charge in [0, 0.05) is 11.6 Å². The molecule has 4 heteroatoms. The van der Waals surface area contributed by atoms with Crippen LogP contribution in [0.1, 0.15) is 36.5 Å². The van der Waals surface area contributed by atoms with Crippen molar-refractivity contribution in [3.8, 4) is 11.5 Å². The van der Waals surface area contributed by atoms with Crippen molar-refractivity contribution >= 4 is 0 Å². The van der Waals surface area contributed by atoms with Crippen LogP contribution in [0.2, 0.25) is 0 Å². The van der Waals surface area contributed by atoms with Crippen molar-refractivity contribution in [3.05, 3.63) is 59.7 Å². The van der Waals surface area contributed by atoms with E-state index in [9.17, 15) is 5.11 Å². The molecule has 3 rings (SSSR count). The predicted octanol–water partition coefficient (Wildman–Crippen LogP) is 3.74. The first kappa shape index (κ1) is 18.7. The molecule has 1 fully saturated rings. The lowest BCUT2D eigenvalue weighted by Gasteiger charge is -2.34. The topological polar surface area (TPSA) is 50.7 Å². The summed E-state index contributed by atoms with van der Waals surface area (Å²) in [7, 11) is 3.25. The number of para-hydroxylation sites is 1. The van der Waals surface area contributed by atoms with Gasteiger partial charge < -0.3 is 19.9 Å². The highest BCUT2D eigenvalue weighted by Crippen LogP contribution is 2.40. The SMILES string of the molecule is COc1cccc(C(O)C2CCNC(CCc3ccccc3)C2)c1OC. The number of hydrogen-bond donors (Lipinski definition) is 2. The number of aryl methyl sites for hydroxylation is 1. The molecule has 1 aliphatic heterocycles. The number of piperidine rings is 1. The summed E-state index contributed by atoms with van der Waals surface area (Å²) >= 11 is 0. The predicted molar refractivity (Wildman–Crippen MR) is 104 cm³/mol. The van der Waals surface area contributed by atoms with Gasteiger partial charge in [-0.1, -0.05) is 42.5 Å². The fraction of sp³-hybridized carbons (Fsp3) is 0.455. The molecule has 1 aliphatic rings. The first-order valence-electron chi connectivity index (χ1n) is 9.39. The molecular weight excluding hydrogens is 326 g/mol. The van der Waals surface area contributed by atoms with Gasteiger partial charge in [0.25, 0.3) is 0 Å². The first-order chi connectivity index (χ1) is 12.7. The lowest BCUT2D eigenvalue weighted by atomic mass is 9.83. The quantitative estimate of drug-likeness (QED) is 0.794. The molecule has 1 saturated heterocycles. The summed E-state index contributed by atoms with van der Waals surface area (Å²) in [6.07, 6.45) is 3.53. The van der Waals surface area contributed by atoms with Crippen LogP contribution in [-0.4, -0.2) is 31.9 Å². The van der Waals surface area contributed by atoms with Gasteiger partial charge in [0.05, 0.1) is 20.3 Å². The minimum absolute atomic E-state index is 0.220. The number of benzene rings is 2. The highest BCUT2D eigenvalue weighted by molar-refractivity contribution is 5.47. The smallest absolute Gasteiger partial charge is 0.166 e. The summed E-state index contributed by atoms with van der Waals surface area (Å²) in [6, 6.07) is 16.7. The summed E-state index contributed by atoms with van der Waals surface area (Å²) < 4.78 is 10.9. The molecule has 2 aromatic rings. The zero-order valence-corrected chi connectivity index (χ0v) is 15.7. The molecule has 140 valence electrons. The molecule has 4 nitrogen and oxygen atoms in total. The average molecular weight is 355 g/mol. The molecule has 0 aromatic heterocycles. The Bertz CT molecular complexity index is 689. The largest absolute Gasteiger partial charge is 0.493 e. The van der Waals surface area contributed by atoms with Crippen molar-refractivity contribution < 1.29 is 14.6 Å². The Balaban J connectivity index is 1.65. The van der Waals surface area contributed by atoms with Crippen molar-refractivity contribution in [2.24, 2.45) is 5.92 Å². The lowest BCUT2D eigenvalue weighted by Crippen LogP contribution is -2.40. The maximum absolute atomic E-state index is 11.0. The second kappa shape index (κ2) is 9.06. The summed E-state index contributed by atoms with van der Waals surface area (Å²) in [6.45, 7) is 0.938. The fourth-order valence-electron chi connectivity index (χ4n) is 3.93. The Morgan fingerprint density at radius 3 is 2.62 bits per heavy atom. The maximum Gasteiger partial charge on any atom is 0.166 e. The van der Waals surface area contributed by atoms with Crippen LogP contribution in [0.3, 0.4) is 0 Å². The van der Waals surface area contributed by atoms with E-state index >= 15 is 0 Å². The van der Waals surface area contributed by atoms with E-state index in [4.69, 9.17) is 9.47 Å². The van der Waals surface area contributed by atoms with Crippen molar-refractivity contribution in [3.63, 3.8) is 0 Å². The second-order valence-corrected chi connectivity index (χ2v) is 6.99. The molecule has 0 radical (unpaired) electrons. The van der Waals surface area contributed by atoms with Crippen LogP contribution >= 0.6 is 0 Å². The van der Waals surface area contributed by atoms with Gasteiger partial charge >= 0.3 is 0 Å². The number of hydrogen-bond acceptors (Lipinski definition) is 4. The molecule has 26 heavy (non-hydrogen) atoms. The zero-order chi connectivity index (χ0) is 18.4. The number of aliphatic hydroxyl groups is 1. The maximum atomic E-state index is 11.0. The van der Waals surface area contributed by atoms with Gasteiger partial charge in [-0.25, -0.2) is 0 Å². The van der Waals surface area contributed by atoms with E-state index in [1.54, 1.807) is 14.2 Å². The fourth-order valence-corrected chi connectivity index (χ4v) is 3.93. The Morgan fingerprint density at radius 2 is 1.88 bits per heavy atom. The third-order valence-electron chi connectivity index (χ3n) is 5.36. The van der Waals surface area contributed by atoms with Gasteiger partial charge in [0.2, 0.25) is 0 Å². The molecule has 0 bridgehead atoms. The standard InChI is InChI=1S/C22H29NO3/c1-25-20-10-6-9-19(22(20)26-2)21(24)17-13-14-23-18(15-17)12-11-16-7-4-3-5-8-16/h3-10,17-18,21,23-24H,11-15H2,1-2H3. The molecule has 0 amide bonds. The summed E-state index contributed by atoms with van der Waals surface area (Å²) in [5.74, 6) is 1.53. The third kappa shape index (κ3) is 4.37. The lowest BCUT2D eigenvalue weighted by molar-refractivity contribution is 0.0740. The number of nitrogens with one attached hydrogen (secondary N) is 1. The third-order valence-corrected chi connectivity index (χ3v) is 5.36. The molecule has 2 aromatic carbocycles. The summed E-state index contributed by atoms with van der Waals surface area (Å²) in [4.78, 5) is 0. The first-order valence-corrected chi connectivity index (χ1v) is 9.39. The van der Waals surface area contributed by atoms with E-state index in [-0.39, 0.29) is 5.92 Å². The Kier molecular flexibility index (Phi) is 6.53. The number of methoxy groups -OCH3 is 2. The molecule has 0 saturated carbocycles. The average Bonchev–Trinajstić information content (AvgIpc) is 2.72. The number of rotatable bonds is 7. The van der Waals surface area contributed by atoms with E-state index in [2.05, 4.69) is 35.6 Å². The Hall–Kier alpha value is -2.04. The van der Waals surface area contributed by atoms with Crippen molar-refractivity contribution in [2.45, 2.75) is 37.8 Å². The number of aliphatic hydroxyl groups excluding tert-OH is 1. The molecule has 0 spiro atoms. The Morgan fingerprint density at radius 1 is 1.08 bits per heavy atom. The van der Waals surface area contributed by atoms with E-state index in [1.165, 1.54) is 5.56 Å². The zero-order valence-electron chi connectivity index (χ0n) is 15.7. The molecule has 2 N–H and O–H groups in total. The van der Waals surface area contributed by atoms with Crippen LogP contribution in [0.5, 0.6) is 11.5 Å². The van der Waals surface area contributed by atoms with E-state index in [1.807, 2.05) is 18.2 Å². The second-order valence-electron chi connectivity index (χ2n) is 6.99. The van der Waals surface area contributed by atoms with Crippen LogP contribution in [0.25, 0.3) is 0 Å². The van der Waals surface area contributed by atoms with Gasteiger partial charge in [0.15, 0.2) is 11.5 Å². The van der Waals surface area contributed by atoms with E-state index in [0.29, 0.717) is 17.5 Å². The normalized spacial score (nSPS) is 21.2. The van der Waals surface area contributed by atoms with Crippen LogP contribution in [0.15, 0.2) is 48.5 Å². The summed E-state index contributed by atoms with van der Waals surface area (Å²) in [5.41, 5.74) is 2.19. The summed E-state index contributed by atoms with van der Waals surface area (Å²) in [5, 5.41) is 14.6. The van der Waals surface area contributed by atoms with Gasteiger partial charge in [-0.05, 0) is 49.8 Å². The van der Waals surface area contributed by atoms with Gasteiger partial charge in [0.1, 0.15) is 0 Å². The van der Waals surface area contributed by atoms with Gasteiger partial charge in [-0.2, -0.15) is 0 Å². The highest BCUT2D eigenvalue weighted by atomic mass is 16.5. The van der Waals surface area contributed by atoms with Gasteiger partial charge in [-0.15, -0.1) is 0 Å². The molecule has 3 atom stereocenters. The van der Waals surface area contributed by atoms with Crippen LogP contribution in [-0.2, 0) is 6.42 Å². The highest BCUT2D eigenvalue weighted by Gasteiger charge is 2.30. The molecule has 0 aliphatic carbocycles. The monoisotopic (exact) mass is 355 g/mol. The van der Waals surface area contributed by atoms with Crippen LogP contribution in [0.4, 0.5) is 0 Å². The van der Waals surface area contributed by atoms with Crippen molar-refractivity contribution in [1.29, 1.82) is 0 Å². The Labute approximate surface area is 156 Å².